The molecule has 2 nitrogen and oxygen atoms in total. The van der Waals surface area contributed by atoms with Crippen molar-refractivity contribution in [3.05, 3.63) is 0 Å². The lowest BCUT2D eigenvalue weighted by atomic mass is 9.84. The van der Waals surface area contributed by atoms with Gasteiger partial charge in [-0.2, -0.15) is 0 Å². The minimum atomic E-state index is 0.796. The fraction of sp³-hybridized carbons (Fsp3) is 1.00. The first-order chi connectivity index (χ1) is 6.27. The van der Waals surface area contributed by atoms with Crippen LogP contribution in [0.1, 0.15) is 39.0 Å². The average Bonchev–Trinajstić information content (AvgIpc) is 2.18. The van der Waals surface area contributed by atoms with Gasteiger partial charge in [-0.3, -0.25) is 0 Å². The molecule has 0 spiro atoms. The van der Waals surface area contributed by atoms with Gasteiger partial charge < -0.3 is 10.6 Å². The Morgan fingerprint density at radius 1 is 1.23 bits per heavy atom. The summed E-state index contributed by atoms with van der Waals surface area (Å²) >= 11 is 0. The van der Waals surface area contributed by atoms with Crippen LogP contribution in [-0.2, 0) is 0 Å². The van der Waals surface area contributed by atoms with Crippen LogP contribution in [0.25, 0.3) is 0 Å². The van der Waals surface area contributed by atoms with Crippen molar-refractivity contribution in [3.63, 3.8) is 0 Å². The van der Waals surface area contributed by atoms with Crippen LogP contribution in [0.15, 0.2) is 0 Å². The molecule has 13 heavy (non-hydrogen) atoms. The molecule has 0 amide bonds. The molecule has 2 heteroatoms. The molecule has 0 aromatic rings. The SMILES string of the molecule is CCC1CCC(N(C)CCN)CC1. The standard InChI is InChI=1S/C11H24N2/c1-3-10-4-6-11(7-5-10)13(2)9-8-12/h10-11H,3-9,12H2,1-2H3. The lowest BCUT2D eigenvalue weighted by molar-refractivity contribution is 0.167. The smallest absolute Gasteiger partial charge is 0.0104 e. The third kappa shape index (κ3) is 3.28. The maximum Gasteiger partial charge on any atom is 0.0104 e. The molecule has 1 saturated carbocycles. The van der Waals surface area contributed by atoms with Crippen LogP contribution < -0.4 is 5.73 Å². The van der Waals surface area contributed by atoms with Gasteiger partial charge in [-0.1, -0.05) is 13.3 Å². The van der Waals surface area contributed by atoms with Gasteiger partial charge in [-0.15, -0.1) is 0 Å². The molecule has 1 fully saturated rings. The van der Waals surface area contributed by atoms with E-state index in [0.29, 0.717) is 0 Å². The lowest BCUT2D eigenvalue weighted by Crippen LogP contribution is -2.38. The zero-order valence-corrected chi connectivity index (χ0v) is 9.13. The number of nitrogens with two attached hydrogens (primary N) is 1. The van der Waals surface area contributed by atoms with Crippen molar-refractivity contribution < 1.29 is 0 Å². The van der Waals surface area contributed by atoms with Crippen LogP contribution in [0.3, 0.4) is 0 Å². The molecule has 0 bridgehead atoms. The van der Waals surface area contributed by atoms with Crippen LogP contribution >= 0.6 is 0 Å². The van der Waals surface area contributed by atoms with E-state index >= 15 is 0 Å². The quantitative estimate of drug-likeness (QED) is 0.722. The molecule has 0 aliphatic heterocycles. The van der Waals surface area contributed by atoms with E-state index in [2.05, 4.69) is 18.9 Å². The largest absolute Gasteiger partial charge is 0.329 e. The highest BCUT2D eigenvalue weighted by Gasteiger charge is 2.22. The van der Waals surface area contributed by atoms with Crippen LogP contribution in [0.2, 0.25) is 0 Å². The minimum absolute atomic E-state index is 0.796. The van der Waals surface area contributed by atoms with Gasteiger partial charge in [0.15, 0.2) is 0 Å². The maximum absolute atomic E-state index is 5.55. The number of nitrogens with zero attached hydrogens (tertiary/aromatic N) is 1. The minimum Gasteiger partial charge on any atom is -0.329 e. The zero-order valence-electron chi connectivity index (χ0n) is 9.13. The molecular formula is C11H24N2. The fourth-order valence-corrected chi connectivity index (χ4v) is 2.38. The van der Waals surface area contributed by atoms with E-state index in [9.17, 15) is 0 Å². The van der Waals surface area contributed by atoms with Crippen LogP contribution in [0.4, 0.5) is 0 Å². The molecule has 78 valence electrons. The summed E-state index contributed by atoms with van der Waals surface area (Å²) in [6, 6.07) is 0.811. The summed E-state index contributed by atoms with van der Waals surface area (Å²) in [6.07, 6.45) is 6.99. The third-order valence-electron chi connectivity index (χ3n) is 3.50. The number of hydrogen-bond donors (Lipinski definition) is 1. The molecule has 0 aromatic carbocycles. The second-order valence-corrected chi connectivity index (χ2v) is 4.35. The average molecular weight is 184 g/mol. The first-order valence-electron chi connectivity index (χ1n) is 5.68. The topological polar surface area (TPSA) is 29.3 Å². The molecule has 0 heterocycles. The van der Waals surface area contributed by atoms with Crippen LogP contribution in [0.5, 0.6) is 0 Å². The lowest BCUT2D eigenvalue weighted by Gasteiger charge is -2.34. The van der Waals surface area contributed by atoms with Crippen molar-refractivity contribution in [2.75, 3.05) is 20.1 Å². The molecule has 0 saturated heterocycles. The highest BCUT2D eigenvalue weighted by molar-refractivity contribution is 4.77. The Balaban J connectivity index is 2.23. The van der Waals surface area contributed by atoms with Gasteiger partial charge in [0.2, 0.25) is 0 Å². The van der Waals surface area contributed by atoms with E-state index < -0.39 is 0 Å². The highest BCUT2D eigenvalue weighted by Crippen LogP contribution is 2.28. The predicted molar refractivity (Wildman–Crippen MR) is 57.7 cm³/mol. The van der Waals surface area contributed by atoms with E-state index in [1.807, 2.05) is 0 Å². The molecular weight excluding hydrogens is 160 g/mol. The fourth-order valence-electron chi connectivity index (χ4n) is 2.38. The van der Waals surface area contributed by atoms with Crippen molar-refractivity contribution in [3.8, 4) is 0 Å². The van der Waals surface area contributed by atoms with Crippen molar-refractivity contribution in [2.24, 2.45) is 11.7 Å². The summed E-state index contributed by atoms with van der Waals surface area (Å²) in [6.45, 7) is 4.17. The van der Waals surface area contributed by atoms with Gasteiger partial charge in [0.25, 0.3) is 0 Å². The summed E-state index contributed by atoms with van der Waals surface area (Å²) in [5, 5.41) is 0. The molecule has 2 N–H and O–H groups in total. The number of likely N-dealkylation sites (N-methyl/N-ethyl adjacent to an activating group) is 1. The zero-order chi connectivity index (χ0) is 9.68. The van der Waals surface area contributed by atoms with E-state index in [-0.39, 0.29) is 0 Å². The van der Waals surface area contributed by atoms with Crippen LogP contribution in [0, 0.1) is 5.92 Å². The first-order valence-corrected chi connectivity index (χ1v) is 5.68. The Bertz CT molecular complexity index is 128. The molecule has 1 aliphatic rings. The summed E-state index contributed by atoms with van der Waals surface area (Å²) in [4.78, 5) is 2.44. The summed E-state index contributed by atoms with van der Waals surface area (Å²) < 4.78 is 0. The van der Waals surface area contributed by atoms with Crippen molar-refractivity contribution in [2.45, 2.75) is 45.1 Å². The van der Waals surface area contributed by atoms with Gasteiger partial charge in [-0.05, 0) is 38.6 Å². The predicted octanol–water partition coefficient (Wildman–Crippen LogP) is 1.85. The number of hydrogen-bond acceptors (Lipinski definition) is 2. The Morgan fingerprint density at radius 2 is 1.85 bits per heavy atom. The Kier molecular flexibility index (Phi) is 4.74. The second-order valence-electron chi connectivity index (χ2n) is 4.35. The van der Waals surface area contributed by atoms with Gasteiger partial charge in [0.1, 0.15) is 0 Å². The highest BCUT2D eigenvalue weighted by atomic mass is 15.1. The van der Waals surface area contributed by atoms with Crippen molar-refractivity contribution in [1.82, 2.24) is 4.90 Å². The van der Waals surface area contributed by atoms with Gasteiger partial charge in [0, 0.05) is 19.1 Å². The monoisotopic (exact) mass is 184 g/mol. The molecule has 0 unspecified atom stereocenters. The molecule has 1 aliphatic carbocycles. The van der Waals surface area contributed by atoms with Crippen molar-refractivity contribution >= 4 is 0 Å². The summed E-state index contributed by atoms with van der Waals surface area (Å²) in [5.74, 6) is 1.00. The summed E-state index contributed by atoms with van der Waals surface area (Å²) in [5.41, 5.74) is 5.55. The molecule has 0 radical (unpaired) electrons. The second kappa shape index (κ2) is 5.61. The Morgan fingerprint density at radius 3 is 2.31 bits per heavy atom. The normalized spacial score (nSPS) is 29.5. The first kappa shape index (κ1) is 11.0. The van der Waals surface area contributed by atoms with E-state index in [0.717, 1.165) is 25.0 Å². The van der Waals surface area contributed by atoms with Crippen LogP contribution in [-0.4, -0.2) is 31.1 Å². The van der Waals surface area contributed by atoms with Crippen molar-refractivity contribution in [1.29, 1.82) is 0 Å². The van der Waals surface area contributed by atoms with E-state index in [4.69, 9.17) is 5.73 Å². The van der Waals surface area contributed by atoms with E-state index in [1.165, 1.54) is 32.1 Å². The molecule has 0 atom stereocenters. The Hall–Kier alpha value is -0.0800. The van der Waals surface area contributed by atoms with Gasteiger partial charge in [-0.25, -0.2) is 0 Å². The third-order valence-corrected chi connectivity index (χ3v) is 3.50. The molecule has 0 aromatic heterocycles. The molecule has 1 rings (SSSR count). The van der Waals surface area contributed by atoms with Gasteiger partial charge in [0.05, 0.1) is 0 Å². The van der Waals surface area contributed by atoms with Gasteiger partial charge >= 0.3 is 0 Å². The summed E-state index contributed by atoms with van der Waals surface area (Å²) in [7, 11) is 2.21. The Labute approximate surface area is 82.5 Å². The maximum atomic E-state index is 5.55. The number of rotatable bonds is 4. The van der Waals surface area contributed by atoms with E-state index in [1.54, 1.807) is 0 Å².